The number of amides is 2. The number of hydrogen-bond donors (Lipinski definition) is 1. The lowest BCUT2D eigenvalue weighted by atomic mass is 9.78. The van der Waals surface area contributed by atoms with Crippen molar-refractivity contribution in [2.75, 3.05) is 52.0 Å². The molecule has 0 saturated carbocycles. The fraction of sp³-hybridized carbons (Fsp3) is 0.568. The van der Waals surface area contributed by atoms with Crippen molar-refractivity contribution in [3.05, 3.63) is 59.7 Å². The zero-order valence-electron chi connectivity index (χ0n) is 34.1. The molecular formula is C44H60N4O7. The monoisotopic (exact) mass is 756 g/mol. The van der Waals surface area contributed by atoms with Crippen LogP contribution in [0.25, 0.3) is 0 Å². The number of aliphatic hydroxyl groups excluding tert-OH is 1. The highest BCUT2D eigenvalue weighted by Gasteiger charge is 2.45. The number of carbonyl (C=O) groups excluding carboxylic acids is 2. The van der Waals surface area contributed by atoms with Crippen LogP contribution in [0.15, 0.2) is 53.6 Å². The second-order valence-corrected chi connectivity index (χ2v) is 17.4. The maximum absolute atomic E-state index is 14.0. The summed E-state index contributed by atoms with van der Waals surface area (Å²) in [6, 6.07) is 6.89. The van der Waals surface area contributed by atoms with Crippen LogP contribution in [0.1, 0.15) is 101 Å². The van der Waals surface area contributed by atoms with Crippen LogP contribution in [-0.4, -0.2) is 104 Å². The Kier molecular flexibility index (Phi) is 11.6. The van der Waals surface area contributed by atoms with Gasteiger partial charge in [0.2, 0.25) is 0 Å². The van der Waals surface area contributed by atoms with Gasteiger partial charge in [-0.15, -0.1) is 0 Å². The molecule has 298 valence electrons. The number of rotatable bonds is 15. The van der Waals surface area contributed by atoms with Gasteiger partial charge in [-0.25, -0.2) is 0 Å². The maximum atomic E-state index is 14.0. The van der Waals surface area contributed by atoms with E-state index in [2.05, 4.69) is 64.6 Å². The van der Waals surface area contributed by atoms with Crippen LogP contribution in [-0.2, 0) is 0 Å². The van der Waals surface area contributed by atoms with Crippen LogP contribution in [0.4, 0.5) is 11.4 Å². The van der Waals surface area contributed by atoms with E-state index in [0.29, 0.717) is 72.5 Å². The number of carbonyl (C=O) groups is 2. The molecule has 11 heteroatoms. The minimum Gasteiger partial charge on any atom is -0.493 e. The van der Waals surface area contributed by atoms with Gasteiger partial charge in [-0.05, 0) is 68.4 Å². The molecule has 0 aliphatic carbocycles. The van der Waals surface area contributed by atoms with Crippen molar-refractivity contribution in [3.63, 3.8) is 0 Å². The van der Waals surface area contributed by atoms with E-state index in [1.54, 1.807) is 26.4 Å². The molecular weight excluding hydrogens is 697 g/mol. The Bertz CT molecular complexity index is 1850. The summed E-state index contributed by atoms with van der Waals surface area (Å²) in [5.74, 6) is 2.03. The van der Waals surface area contributed by atoms with E-state index in [9.17, 15) is 14.7 Å². The van der Waals surface area contributed by atoms with Crippen LogP contribution >= 0.6 is 0 Å². The van der Waals surface area contributed by atoms with Gasteiger partial charge in [0.25, 0.3) is 11.8 Å². The lowest BCUT2D eigenvalue weighted by Crippen LogP contribution is -2.53. The predicted octanol–water partition coefficient (Wildman–Crippen LogP) is 7.62. The molecule has 55 heavy (non-hydrogen) atoms. The first kappa shape index (κ1) is 40.2. The summed E-state index contributed by atoms with van der Waals surface area (Å²) in [6.07, 6.45) is 6.73. The molecule has 4 aliphatic heterocycles. The first-order valence-corrected chi connectivity index (χ1v) is 19.7. The van der Waals surface area contributed by atoms with Crippen molar-refractivity contribution in [2.45, 2.75) is 104 Å². The first-order valence-electron chi connectivity index (χ1n) is 19.7. The average Bonchev–Trinajstić information content (AvgIpc) is 3.68. The molecule has 0 aromatic heterocycles. The molecule has 3 unspecified atom stereocenters. The quantitative estimate of drug-likeness (QED) is 0.185. The topological polar surface area (TPSA) is 113 Å². The second kappa shape index (κ2) is 15.9. The molecule has 0 radical (unpaired) electrons. The summed E-state index contributed by atoms with van der Waals surface area (Å²) in [7, 11) is 3.19. The molecule has 2 saturated heterocycles. The van der Waals surface area contributed by atoms with Gasteiger partial charge >= 0.3 is 0 Å². The molecule has 2 amide bonds. The first-order chi connectivity index (χ1) is 26.1. The SMILES string of the molecule is C=C1CC2C=Nc3cc(OCC(C)(C)CCC(C)(C)CCOc4cc5c(cc4OC)C(=O)N4CC(=C)C[C@H]4C(CO)N5C(C)CC)c(OC)cc3C(=O)N2C1. The smallest absolute Gasteiger partial charge is 0.257 e. The fourth-order valence-corrected chi connectivity index (χ4v) is 8.28. The van der Waals surface area contributed by atoms with Gasteiger partial charge in [0, 0.05) is 37.5 Å². The highest BCUT2D eigenvalue weighted by Crippen LogP contribution is 2.44. The number of ether oxygens (including phenoxy) is 4. The molecule has 4 atom stereocenters. The molecule has 6 rings (SSSR count). The van der Waals surface area contributed by atoms with Gasteiger partial charge in [-0.3, -0.25) is 14.6 Å². The Morgan fingerprint density at radius 3 is 2.13 bits per heavy atom. The van der Waals surface area contributed by atoms with Gasteiger partial charge < -0.3 is 38.8 Å². The lowest BCUT2D eigenvalue weighted by Gasteiger charge is -2.40. The normalized spacial score (nSPS) is 21.5. The molecule has 11 nitrogen and oxygen atoms in total. The molecule has 2 aromatic rings. The standard InChI is InChI=1S/C44H60N4O7/c1-11-29(4)48-34-21-40(38(53-10)19-32(34)42(51)47-24-28(3)17-35(47)36(48)25-49)54-15-14-43(5,6)12-13-44(7,8)26-55-39-20-33-31(18-37(39)52-9)41(50)46-23-27(2)16-30(46)22-45-33/h18-22,29-30,35-36,49H,2-3,11-17,23-26H2,1,4-10H3/t29?,30?,35-,36?/m0/s1. The zero-order chi connectivity index (χ0) is 39.8. The van der Waals surface area contributed by atoms with Crippen molar-refractivity contribution < 1.29 is 33.6 Å². The maximum Gasteiger partial charge on any atom is 0.257 e. The number of anilines is 1. The highest BCUT2D eigenvalue weighted by atomic mass is 16.5. The summed E-state index contributed by atoms with van der Waals surface area (Å²) >= 11 is 0. The number of nitrogens with zero attached hydrogens (tertiary/aromatic N) is 4. The van der Waals surface area contributed by atoms with Gasteiger partial charge in [0.05, 0.1) is 74.7 Å². The molecule has 0 spiro atoms. The van der Waals surface area contributed by atoms with Crippen molar-refractivity contribution in [2.24, 2.45) is 15.8 Å². The van der Waals surface area contributed by atoms with E-state index in [0.717, 1.165) is 48.9 Å². The molecule has 1 N–H and O–H groups in total. The van der Waals surface area contributed by atoms with E-state index in [-0.39, 0.29) is 53.4 Å². The Morgan fingerprint density at radius 2 is 1.45 bits per heavy atom. The van der Waals surface area contributed by atoms with Crippen LogP contribution in [0.2, 0.25) is 0 Å². The van der Waals surface area contributed by atoms with Crippen molar-refractivity contribution in [1.29, 1.82) is 0 Å². The van der Waals surface area contributed by atoms with E-state index >= 15 is 0 Å². The number of aliphatic imine (C=N–C) groups is 1. The Hall–Kier alpha value is -4.51. The Labute approximate surface area is 327 Å². The van der Waals surface area contributed by atoms with E-state index in [1.807, 2.05) is 28.1 Å². The average molecular weight is 757 g/mol. The summed E-state index contributed by atoms with van der Waals surface area (Å²) in [4.78, 5) is 37.9. The number of hydrogen-bond acceptors (Lipinski definition) is 9. The van der Waals surface area contributed by atoms with Gasteiger partial charge in [0.15, 0.2) is 23.0 Å². The van der Waals surface area contributed by atoms with Gasteiger partial charge in [-0.2, -0.15) is 0 Å². The Morgan fingerprint density at radius 1 is 0.836 bits per heavy atom. The second-order valence-electron chi connectivity index (χ2n) is 17.4. The lowest BCUT2D eigenvalue weighted by molar-refractivity contribution is 0.0704. The summed E-state index contributed by atoms with van der Waals surface area (Å²) in [5.41, 5.74) is 4.25. The molecule has 0 bridgehead atoms. The third-order valence-electron chi connectivity index (χ3n) is 12.0. The summed E-state index contributed by atoms with van der Waals surface area (Å²) < 4.78 is 24.3. The minimum atomic E-state index is -0.262. The minimum absolute atomic E-state index is 0.0421. The number of aliphatic hydroxyl groups is 1. The van der Waals surface area contributed by atoms with Crippen molar-refractivity contribution in [3.8, 4) is 23.0 Å². The van der Waals surface area contributed by atoms with E-state index < -0.39 is 0 Å². The molecule has 2 fully saturated rings. The third kappa shape index (κ3) is 8.23. The third-order valence-corrected chi connectivity index (χ3v) is 12.0. The number of fused-ring (bicyclic) bond motifs is 4. The predicted molar refractivity (Wildman–Crippen MR) is 217 cm³/mol. The highest BCUT2D eigenvalue weighted by molar-refractivity contribution is 6.04. The van der Waals surface area contributed by atoms with Gasteiger partial charge in [0.1, 0.15) is 0 Å². The largest absolute Gasteiger partial charge is 0.493 e. The van der Waals surface area contributed by atoms with Crippen molar-refractivity contribution in [1.82, 2.24) is 9.80 Å². The van der Waals surface area contributed by atoms with Crippen LogP contribution in [0, 0.1) is 10.8 Å². The van der Waals surface area contributed by atoms with E-state index in [4.69, 9.17) is 18.9 Å². The van der Waals surface area contributed by atoms with Crippen LogP contribution in [0.5, 0.6) is 23.0 Å². The molecule has 2 aromatic carbocycles. The molecule has 4 aliphatic rings. The zero-order valence-corrected chi connectivity index (χ0v) is 34.1. The van der Waals surface area contributed by atoms with Crippen LogP contribution in [0.3, 0.4) is 0 Å². The summed E-state index contributed by atoms with van der Waals surface area (Å²) in [6.45, 7) is 23.3. The van der Waals surface area contributed by atoms with Crippen molar-refractivity contribution >= 4 is 29.4 Å². The van der Waals surface area contributed by atoms with Gasteiger partial charge in [-0.1, -0.05) is 58.9 Å². The summed E-state index contributed by atoms with van der Waals surface area (Å²) in [5, 5.41) is 10.7. The Balaban J connectivity index is 1.10. The number of methoxy groups -OCH3 is 2. The molecule has 4 heterocycles. The fourth-order valence-electron chi connectivity index (χ4n) is 8.28. The van der Waals surface area contributed by atoms with E-state index in [1.165, 1.54) is 0 Å². The van der Waals surface area contributed by atoms with Crippen LogP contribution < -0.4 is 23.8 Å². The number of benzene rings is 2.